The quantitative estimate of drug-likeness (QED) is 0.793. The van der Waals surface area contributed by atoms with Gasteiger partial charge >= 0.3 is 0 Å². The number of aliphatic hydroxyl groups excluding tert-OH is 1. The second-order valence-electron chi connectivity index (χ2n) is 6.17. The number of rotatable bonds is 3. The van der Waals surface area contributed by atoms with Crippen molar-refractivity contribution in [1.29, 1.82) is 0 Å². The molecular formula is C16H15N5O2. The maximum Gasteiger partial charge on any atom is 0.247 e. The lowest BCUT2D eigenvalue weighted by atomic mass is 10.1. The number of aliphatic hydroxyl groups is 1. The number of hydrogen-bond donors (Lipinski definition) is 1. The molecule has 5 rings (SSSR count). The third-order valence-electron chi connectivity index (χ3n) is 4.77. The summed E-state index contributed by atoms with van der Waals surface area (Å²) in [6.45, 7) is 1.67. The van der Waals surface area contributed by atoms with Crippen molar-refractivity contribution in [2.45, 2.75) is 32.3 Å². The van der Waals surface area contributed by atoms with E-state index in [1.54, 1.807) is 25.5 Å². The fourth-order valence-corrected chi connectivity index (χ4v) is 3.54. The van der Waals surface area contributed by atoms with Gasteiger partial charge in [0.05, 0.1) is 18.5 Å². The Morgan fingerprint density at radius 2 is 2.30 bits per heavy atom. The largest absolute Gasteiger partial charge is 0.440 e. The molecule has 7 heteroatoms. The van der Waals surface area contributed by atoms with Crippen molar-refractivity contribution in [3.63, 3.8) is 0 Å². The predicted octanol–water partition coefficient (Wildman–Crippen LogP) is 1.78. The number of hydrogen-bond acceptors (Lipinski definition) is 6. The molecule has 0 aromatic carbocycles. The first-order valence-electron chi connectivity index (χ1n) is 7.72. The summed E-state index contributed by atoms with van der Waals surface area (Å²) in [5.74, 6) is 3.09. The van der Waals surface area contributed by atoms with Crippen LogP contribution in [0.5, 0.6) is 0 Å². The first-order valence-corrected chi connectivity index (χ1v) is 7.72. The minimum Gasteiger partial charge on any atom is -0.440 e. The predicted molar refractivity (Wildman–Crippen MR) is 79.9 cm³/mol. The van der Waals surface area contributed by atoms with Crippen LogP contribution in [0.15, 0.2) is 23.0 Å². The zero-order valence-corrected chi connectivity index (χ0v) is 12.6. The second-order valence-corrected chi connectivity index (χ2v) is 6.17. The lowest BCUT2D eigenvalue weighted by Crippen LogP contribution is -2.03. The van der Waals surface area contributed by atoms with Gasteiger partial charge in [-0.25, -0.2) is 14.6 Å². The van der Waals surface area contributed by atoms with Crippen LogP contribution in [-0.4, -0.2) is 29.8 Å². The highest BCUT2D eigenvalue weighted by Gasteiger charge is 2.50. The lowest BCUT2D eigenvalue weighted by molar-refractivity contribution is 0.275. The van der Waals surface area contributed by atoms with Gasteiger partial charge in [-0.2, -0.15) is 5.10 Å². The van der Waals surface area contributed by atoms with Crippen LogP contribution in [0.25, 0.3) is 17.4 Å². The first-order chi connectivity index (χ1) is 11.3. The standard InChI is InChI=1S/C16H15N5O2/c1-8-12(7-22)19-16(23-8)14-11-5-9-4-10(9)15(11)21(20-14)13-6-17-2-3-18-13/h2-3,6,9-10,22H,4-5,7H2,1H3/t9-,10-/m0/s1. The third-order valence-corrected chi connectivity index (χ3v) is 4.77. The number of aromatic nitrogens is 5. The van der Waals surface area contributed by atoms with Crippen molar-refractivity contribution < 1.29 is 9.52 Å². The monoisotopic (exact) mass is 309 g/mol. The summed E-state index contributed by atoms with van der Waals surface area (Å²) < 4.78 is 7.62. The minimum absolute atomic E-state index is 0.131. The Kier molecular flexibility index (Phi) is 2.52. The molecule has 1 N–H and O–H groups in total. The maximum absolute atomic E-state index is 9.34. The fraction of sp³-hybridized carbons (Fsp3) is 0.375. The van der Waals surface area contributed by atoms with Crippen LogP contribution < -0.4 is 0 Å². The fourth-order valence-electron chi connectivity index (χ4n) is 3.54. The molecule has 3 aromatic rings. The molecule has 0 bridgehead atoms. The van der Waals surface area contributed by atoms with Gasteiger partial charge in [0.25, 0.3) is 0 Å². The Morgan fingerprint density at radius 1 is 1.39 bits per heavy atom. The summed E-state index contributed by atoms with van der Waals surface area (Å²) in [5.41, 5.74) is 3.74. The summed E-state index contributed by atoms with van der Waals surface area (Å²) in [6, 6.07) is 0. The topological polar surface area (TPSA) is 89.9 Å². The third kappa shape index (κ3) is 1.80. The molecule has 0 unspecified atom stereocenters. The van der Waals surface area contributed by atoms with Gasteiger partial charge < -0.3 is 9.52 Å². The SMILES string of the molecule is Cc1oc(-c2nn(-c3cnccn3)c3c2C[C@@H]2C[C@H]32)nc1CO. The van der Waals surface area contributed by atoms with Crippen molar-refractivity contribution in [2.24, 2.45) is 5.92 Å². The van der Waals surface area contributed by atoms with Gasteiger partial charge in [-0.1, -0.05) is 0 Å². The van der Waals surface area contributed by atoms with E-state index in [0.29, 0.717) is 35.0 Å². The average molecular weight is 309 g/mol. The number of oxazole rings is 1. The molecule has 116 valence electrons. The van der Waals surface area contributed by atoms with Gasteiger partial charge in [0.15, 0.2) is 11.5 Å². The van der Waals surface area contributed by atoms with E-state index < -0.39 is 0 Å². The molecule has 7 nitrogen and oxygen atoms in total. The van der Waals surface area contributed by atoms with E-state index >= 15 is 0 Å². The summed E-state index contributed by atoms with van der Waals surface area (Å²) in [4.78, 5) is 12.9. The van der Waals surface area contributed by atoms with Crippen molar-refractivity contribution >= 4 is 0 Å². The molecule has 3 aromatic heterocycles. The Balaban J connectivity index is 1.70. The van der Waals surface area contributed by atoms with Crippen molar-refractivity contribution in [3.8, 4) is 17.4 Å². The number of fused-ring (bicyclic) bond motifs is 3. The van der Waals surface area contributed by atoms with Gasteiger partial charge in [0, 0.05) is 23.9 Å². The molecule has 0 aliphatic heterocycles. The van der Waals surface area contributed by atoms with E-state index in [1.807, 2.05) is 4.68 Å². The maximum atomic E-state index is 9.34. The molecule has 2 aliphatic rings. The molecular weight excluding hydrogens is 294 g/mol. The Labute approximate surface area is 132 Å². The van der Waals surface area contributed by atoms with E-state index in [4.69, 9.17) is 9.52 Å². The van der Waals surface area contributed by atoms with E-state index in [-0.39, 0.29) is 6.61 Å². The van der Waals surface area contributed by atoms with Gasteiger partial charge in [-0.15, -0.1) is 0 Å². The second kappa shape index (κ2) is 4.48. The molecule has 23 heavy (non-hydrogen) atoms. The smallest absolute Gasteiger partial charge is 0.247 e. The molecule has 2 aliphatic carbocycles. The van der Waals surface area contributed by atoms with Gasteiger partial charge in [-0.3, -0.25) is 4.98 Å². The Bertz CT molecular complexity index is 899. The molecule has 1 fully saturated rings. The molecule has 1 saturated carbocycles. The highest BCUT2D eigenvalue weighted by molar-refractivity contribution is 5.61. The van der Waals surface area contributed by atoms with Crippen LogP contribution in [0, 0.1) is 12.8 Å². The number of aryl methyl sites for hydroxylation is 1. The highest BCUT2D eigenvalue weighted by Crippen LogP contribution is 2.58. The summed E-state index contributed by atoms with van der Waals surface area (Å²) >= 11 is 0. The molecule has 0 spiro atoms. The van der Waals surface area contributed by atoms with Crippen LogP contribution in [0.4, 0.5) is 0 Å². The number of nitrogens with zero attached hydrogens (tertiary/aromatic N) is 5. The van der Waals surface area contributed by atoms with Crippen molar-refractivity contribution in [1.82, 2.24) is 24.7 Å². The zero-order chi connectivity index (χ0) is 15.6. The van der Waals surface area contributed by atoms with Gasteiger partial charge in [-0.05, 0) is 25.7 Å². The summed E-state index contributed by atoms with van der Waals surface area (Å²) in [7, 11) is 0. The van der Waals surface area contributed by atoms with E-state index in [2.05, 4.69) is 15.0 Å². The molecule has 0 saturated heterocycles. The normalized spacial score (nSPS) is 21.3. The van der Waals surface area contributed by atoms with E-state index in [1.165, 1.54) is 17.7 Å². The Morgan fingerprint density at radius 3 is 3.04 bits per heavy atom. The van der Waals surface area contributed by atoms with E-state index in [9.17, 15) is 5.11 Å². The van der Waals surface area contributed by atoms with Crippen LogP contribution in [0.3, 0.4) is 0 Å². The first kappa shape index (κ1) is 13.0. The van der Waals surface area contributed by atoms with Crippen LogP contribution in [0.1, 0.15) is 35.1 Å². The summed E-state index contributed by atoms with van der Waals surface area (Å²) in [5, 5.41) is 14.1. The van der Waals surface area contributed by atoms with Crippen molar-refractivity contribution in [3.05, 3.63) is 41.3 Å². The van der Waals surface area contributed by atoms with Crippen LogP contribution >= 0.6 is 0 Å². The minimum atomic E-state index is -0.131. The zero-order valence-electron chi connectivity index (χ0n) is 12.6. The molecule has 3 heterocycles. The molecule has 0 radical (unpaired) electrons. The van der Waals surface area contributed by atoms with Gasteiger partial charge in [0.1, 0.15) is 11.5 Å². The summed E-state index contributed by atoms with van der Waals surface area (Å²) in [6.07, 6.45) is 7.25. The molecule has 0 amide bonds. The van der Waals surface area contributed by atoms with E-state index in [0.717, 1.165) is 12.1 Å². The van der Waals surface area contributed by atoms with Crippen molar-refractivity contribution in [2.75, 3.05) is 0 Å². The van der Waals surface area contributed by atoms with Crippen LogP contribution in [0.2, 0.25) is 0 Å². The molecule has 2 atom stereocenters. The van der Waals surface area contributed by atoms with Gasteiger partial charge in [0.2, 0.25) is 5.89 Å². The average Bonchev–Trinajstić information content (AvgIpc) is 2.93. The highest BCUT2D eigenvalue weighted by atomic mass is 16.4. The Hall–Kier alpha value is -2.54. The lowest BCUT2D eigenvalue weighted by Gasteiger charge is -2.03. The van der Waals surface area contributed by atoms with Crippen LogP contribution in [-0.2, 0) is 13.0 Å².